The Morgan fingerprint density at radius 2 is 2.50 bits per heavy atom. The summed E-state index contributed by atoms with van der Waals surface area (Å²) in [6.45, 7) is 4.06. The molecule has 1 unspecified atom stereocenters. The molecule has 0 radical (unpaired) electrons. The number of hydrogen-bond donors (Lipinski definition) is 0. The minimum absolute atomic E-state index is 0.404. The molecule has 1 heterocycles. The van der Waals surface area contributed by atoms with Gasteiger partial charge >= 0.3 is 0 Å². The summed E-state index contributed by atoms with van der Waals surface area (Å²) in [6.07, 6.45) is 4.95. The second-order valence-corrected chi connectivity index (χ2v) is 2.34. The summed E-state index contributed by atoms with van der Waals surface area (Å²) in [5, 5.41) is 0. The number of allylic oxidation sites excluding steroid dienone is 1. The molecule has 52 valence electrons. The molecule has 1 heteroatoms. The van der Waals surface area contributed by atoms with Gasteiger partial charge < -0.3 is 0 Å². The fourth-order valence-electron chi connectivity index (χ4n) is 0.774. The highest BCUT2D eigenvalue weighted by molar-refractivity contribution is 5.99. The van der Waals surface area contributed by atoms with Crippen molar-refractivity contribution < 1.29 is 0 Å². The number of hydrogen-bond acceptors (Lipinski definition) is 1. The van der Waals surface area contributed by atoms with Crippen LogP contribution < -0.4 is 0 Å². The summed E-state index contributed by atoms with van der Waals surface area (Å²) in [4.78, 5) is 4.08. The van der Waals surface area contributed by atoms with Gasteiger partial charge in [-0.3, -0.25) is 4.99 Å². The SMILES string of the molecule is CCC1C#CC(C)=NC=C1. The van der Waals surface area contributed by atoms with E-state index < -0.39 is 0 Å². The van der Waals surface area contributed by atoms with Crippen LogP contribution in [0.2, 0.25) is 0 Å². The van der Waals surface area contributed by atoms with Crippen LogP contribution >= 0.6 is 0 Å². The summed E-state index contributed by atoms with van der Waals surface area (Å²) < 4.78 is 0. The normalized spacial score (nSPS) is 22.6. The van der Waals surface area contributed by atoms with Gasteiger partial charge in [-0.2, -0.15) is 0 Å². The van der Waals surface area contributed by atoms with Crippen LogP contribution in [0.3, 0.4) is 0 Å². The second-order valence-electron chi connectivity index (χ2n) is 2.34. The van der Waals surface area contributed by atoms with Gasteiger partial charge in [0, 0.05) is 12.1 Å². The predicted molar refractivity (Wildman–Crippen MR) is 43.8 cm³/mol. The maximum atomic E-state index is 4.08. The van der Waals surface area contributed by atoms with Crippen LogP contribution in [0, 0.1) is 17.8 Å². The molecular formula is C9H11N. The summed E-state index contributed by atoms with van der Waals surface area (Å²) in [7, 11) is 0. The van der Waals surface area contributed by atoms with E-state index in [1.807, 2.05) is 19.2 Å². The zero-order valence-corrected chi connectivity index (χ0v) is 6.39. The van der Waals surface area contributed by atoms with E-state index in [1.54, 1.807) is 0 Å². The molecule has 0 aromatic rings. The molecule has 1 rings (SSSR count). The predicted octanol–water partition coefficient (Wildman–Crippen LogP) is 2.00. The van der Waals surface area contributed by atoms with Gasteiger partial charge in [0.2, 0.25) is 0 Å². The van der Waals surface area contributed by atoms with Gasteiger partial charge in [0.15, 0.2) is 0 Å². The van der Waals surface area contributed by atoms with Crippen molar-refractivity contribution in [3.05, 3.63) is 12.3 Å². The largest absolute Gasteiger partial charge is 0.253 e. The standard InChI is InChI=1S/C9H11N/c1-3-9-5-4-8(2)10-7-6-9/h6-7,9H,3H2,1-2H3. The van der Waals surface area contributed by atoms with E-state index >= 15 is 0 Å². The maximum absolute atomic E-state index is 4.08. The van der Waals surface area contributed by atoms with Gasteiger partial charge in [-0.25, -0.2) is 0 Å². The molecule has 0 spiro atoms. The van der Waals surface area contributed by atoms with Gasteiger partial charge in [0.1, 0.15) is 0 Å². The van der Waals surface area contributed by atoms with Crippen molar-refractivity contribution in [2.75, 3.05) is 0 Å². The minimum atomic E-state index is 0.404. The molecule has 1 nitrogen and oxygen atoms in total. The first-order valence-corrected chi connectivity index (χ1v) is 3.55. The third kappa shape index (κ3) is 1.73. The van der Waals surface area contributed by atoms with Crippen molar-refractivity contribution >= 4 is 5.71 Å². The first-order valence-electron chi connectivity index (χ1n) is 3.55. The van der Waals surface area contributed by atoms with Crippen LogP contribution in [0.15, 0.2) is 17.3 Å². The smallest absolute Gasteiger partial charge is 0.0868 e. The average Bonchev–Trinajstić information content (AvgIpc) is 2.14. The zero-order chi connectivity index (χ0) is 7.40. The highest BCUT2D eigenvalue weighted by atomic mass is 14.7. The van der Waals surface area contributed by atoms with Gasteiger partial charge in [-0.15, -0.1) is 0 Å². The molecule has 0 amide bonds. The Balaban J connectivity index is 2.75. The number of nitrogens with zero attached hydrogens (tertiary/aromatic N) is 1. The van der Waals surface area contributed by atoms with Gasteiger partial charge in [0.25, 0.3) is 0 Å². The Morgan fingerprint density at radius 3 is 3.20 bits per heavy atom. The molecule has 1 aliphatic rings. The van der Waals surface area contributed by atoms with Crippen LogP contribution in [0.4, 0.5) is 0 Å². The molecule has 0 aromatic heterocycles. The maximum Gasteiger partial charge on any atom is 0.0868 e. The third-order valence-corrected chi connectivity index (χ3v) is 1.46. The van der Waals surface area contributed by atoms with Crippen LogP contribution in [-0.2, 0) is 0 Å². The Labute approximate surface area is 61.9 Å². The summed E-state index contributed by atoms with van der Waals surface area (Å²) >= 11 is 0. The van der Waals surface area contributed by atoms with E-state index in [0.29, 0.717) is 5.92 Å². The van der Waals surface area contributed by atoms with Crippen LogP contribution in [0.25, 0.3) is 0 Å². The summed E-state index contributed by atoms with van der Waals surface area (Å²) in [5.74, 6) is 6.50. The highest BCUT2D eigenvalue weighted by Crippen LogP contribution is 2.04. The van der Waals surface area contributed by atoms with Crippen molar-refractivity contribution in [2.45, 2.75) is 20.3 Å². The first-order chi connectivity index (χ1) is 4.83. The van der Waals surface area contributed by atoms with Gasteiger partial charge in [-0.1, -0.05) is 24.8 Å². The lowest BCUT2D eigenvalue weighted by Gasteiger charge is -1.94. The summed E-state index contributed by atoms with van der Waals surface area (Å²) in [5.41, 5.74) is 0.909. The van der Waals surface area contributed by atoms with E-state index in [-0.39, 0.29) is 0 Å². The molecule has 1 atom stereocenters. The molecule has 0 fully saturated rings. The minimum Gasteiger partial charge on any atom is -0.253 e. The molecule has 0 bridgehead atoms. The van der Waals surface area contributed by atoms with Crippen molar-refractivity contribution in [1.82, 2.24) is 0 Å². The zero-order valence-electron chi connectivity index (χ0n) is 6.39. The Bertz CT molecular complexity index is 225. The molecular weight excluding hydrogens is 122 g/mol. The van der Waals surface area contributed by atoms with E-state index in [4.69, 9.17) is 0 Å². The highest BCUT2D eigenvalue weighted by Gasteiger charge is 1.96. The monoisotopic (exact) mass is 133 g/mol. The van der Waals surface area contributed by atoms with Crippen molar-refractivity contribution in [3.8, 4) is 11.8 Å². The molecule has 0 saturated heterocycles. The van der Waals surface area contributed by atoms with E-state index in [2.05, 4.69) is 23.8 Å². The average molecular weight is 133 g/mol. The molecule has 0 aromatic carbocycles. The fourth-order valence-corrected chi connectivity index (χ4v) is 0.774. The first kappa shape index (κ1) is 7.08. The Kier molecular flexibility index (Phi) is 2.28. The number of aliphatic imine (C=N–C) groups is 1. The van der Waals surface area contributed by atoms with Crippen LogP contribution in [0.1, 0.15) is 20.3 Å². The van der Waals surface area contributed by atoms with Crippen molar-refractivity contribution in [3.63, 3.8) is 0 Å². The lowest BCUT2D eigenvalue weighted by molar-refractivity contribution is 0.800. The quantitative estimate of drug-likeness (QED) is 0.485. The van der Waals surface area contributed by atoms with Crippen molar-refractivity contribution in [2.24, 2.45) is 10.9 Å². The molecule has 0 saturated carbocycles. The van der Waals surface area contributed by atoms with Gasteiger partial charge in [0.05, 0.1) is 5.71 Å². The van der Waals surface area contributed by atoms with Crippen molar-refractivity contribution in [1.29, 1.82) is 0 Å². The Morgan fingerprint density at radius 1 is 1.70 bits per heavy atom. The van der Waals surface area contributed by atoms with Gasteiger partial charge in [-0.05, 0) is 13.3 Å². The van der Waals surface area contributed by atoms with E-state index in [9.17, 15) is 0 Å². The van der Waals surface area contributed by atoms with E-state index in [0.717, 1.165) is 12.1 Å². The third-order valence-electron chi connectivity index (χ3n) is 1.46. The molecule has 1 aliphatic heterocycles. The Hall–Kier alpha value is -1.03. The molecule has 0 N–H and O–H groups in total. The summed E-state index contributed by atoms with van der Waals surface area (Å²) in [6, 6.07) is 0. The second kappa shape index (κ2) is 3.22. The number of rotatable bonds is 1. The molecule has 10 heavy (non-hydrogen) atoms. The topological polar surface area (TPSA) is 12.4 Å². The van der Waals surface area contributed by atoms with Crippen LogP contribution in [-0.4, -0.2) is 5.71 Å². The van der Waals surface area contributed by atoms with Crippen LogP contribution in [0.5, 0.6) is 0 Å². The lowest BCUT2D eigenvalue weighted by Crippen LogP contribution is -1.87. The molecule has 0 aliphatic carbocycles. The fraction of sp³-hybridized carbons (Fsp3) is 0.444. The lowest BCUT2D eigenvalue weighted by atomic mass is 10.1. The van der Waals surface area contributed by atoms with E-state index in [1.165, 1.54) is 0 Å².